The molecule has 0 saturated carbocycles. The van der Waals surface area contributed by atoms with Crippen LogP contribution in [-0.4, -0.2) is 23.1 Å². The minimum atomic E-state index is -0.723. The first kappa shape index (κ1) is 44.4. The zero-order valence-electron chi connectivity index (χ0n) is 30.9. The first-order valence-electron chi connectivity index (χ1n) is 20.3. The zero-order chi connectivity index (χ0) is 33.6. The van der Waals surface area contributed by atoms with Gasteiger partial charge in [-0.2, -0.15) is 0 Å². The van der Waals surface area contributed by atoms with Crippen molar-refractivity contribution in [1.29, 1.82) is 0 Å². The topological polar surface area (TPSA) is 63.6 Å². The van der Waals surface area contributed by atoms with Gasteiger partial charge in [0.05, 0.1) is 0 Å². The summed E-state index contributed by atoms with van der Waals surface area (Å²) in [6, 6.07) is 0. The van der Waals surface area contributed by atoms with Crippen LogP contribution in [-0.2, 0) is 14.3 Å². The van der Waals surface area contributed by atoms with Crippen LogP contribution < -0.4 is 0 Å². The summed E-state index contributed by atoms with van der Waals surface area (Å²) in [6.45, 7) is 4.52. The van der Waals surface area contributed by atoms with Crippen LogP contribution in [0.4, 0.5) is 0 Å². The summed E-state index contributed by atoms with van der Waals surface area (Å²) in [4.78, 5) is 23.4. The number of allylic oxidation sites excluding steroid dienone is 4. The number of hydrogen-bond donors (Lipinski definition) is 1. The molecule has 0 aromatic rings. The van der Waals surface area contributed by atoms with Crippen molar-refractivity contribution in [1.82, 2.24) is 0 Å². The van der Waals surface area contributed by atoms with E-state index in [-0.39, 0.29) is 18.5 Å². The van der Waals surface area contributed by atoms with Crippen LogP contribution in [0.2, 0.25) is 0 Å². The highest BCUT2D eigenvalue weighted by Crippen LogP contribution is 2.19. The molecule has 1 atom stereocenters. The summed E-state index contributed by atoms with van der Waals surface area (Å²) < 4.78 is 5.93. The molecule has 0 aliphatic heterocycles. The van der Waals surface area contributed by atoms with Gasteiger partial charge in [0, 0.05) is 12.8 Å². The Morgan fingerprint density at radius 1 is 0.478 bits per heavy atom. The minimum Gasteiger partial charge on any atom is -0.481 e. The van der Waals surface area contributed by atoms with Gasteiger partial charge in [0.2, 0.25) is 0 Å². The summed E-state index contributed by atoms with van der Waals surface area (Å²) in [7, 11) is 0. The highest BCUT2D eigenvalue weighted by atomic mass is 16.5. The molecule has 0 radical (unpaired) electrons. The molecule has 0 saturated heterocycles. The molecule has 0 rings (SSSR count). The SMILES string of the molecule is CCCCC/C=C\C/C=C\CCCCCCCCCCCCCC(=O)OC(CCCCCCCCCCC)CCCCCC(=O)O. The van der Waals surface area contributed by atoms with Crippen LogP contribution >= 0.6 is 0 Å². The number of rotatable bonds is 37. The van der Waals surface area contributed by atoms with Crippen LogP contribution in [0.25, 0.3) is 0 Å². The number of carbonyl (C=O) groups excluding carboxylic acids is 1. The molecule has 4 heteroatoms. The van der Waals surface area contributed by atoms with Crippen molar-refractivity contribution in [2.45, 2.75) is 232 Å². The molecular weight excluding hydrogens is 568 g/mol. The quantitative estimate of drug-likeness (QED) is 0.0414. The zero-order valence-corrected chi connectivity index (χ0v) is 30.9. The van der Waals surface area contributed by atoms with Crippen molar-refractivity contribution in [2.75, 3.05) is 0 Å². The van der Waals surface area contributed by atoms with Gasteiger partial charge in [-0.05, 0) is 70.6 Å². The molecule has 0 amide bonds. The van der Waals surface area contributed by atoms with Gasteiger partial charge in [0.25, 0.3) is 0 Å². The summed E-state index contributed by atoms with van der Waals surface area (Å²) >= 11 is 0. The Morgan fingerprint density at radius 2 is 0.848 bits per heavy atom. The predicted octanol–water partition coefficient (Wildman–Crippen LogP) is 14.0. The number of ether oxygens (including phenoxy) is 1. The van der Waals surface area contributed by atoms with E-state index in [0.29, 0.717) is 12.8 Å². The Balaban J connectivity index is 3.79. The molecule has 1 unspecified atom stereocenters. The standard InChI is InChI=1S/C42H78O4/c1-3-5-7-9-11-13-14-15-16-17-18-19-20-21-22-23-24-26-28-30-35-39-42(45)46-40(37-33-31-34-38-41(43)44)36-32-29-27-25-12-10-8-6-4-2/h11,13,15-16,40H,3-10,12,14,17-39H2,1-2H3,(H,43,44)/b13-11-,16-15-. The van der Waals surface area contributed by atoms with Gasteiger partial charge in [-0.15, -0.1) is 0 Å². The third kappa shape index (κ3) is 36.9. The number of carboxylic acids is 1. The van der Waals surface area contributed by atoms with Crippen LogP contribution in [0.1, 0.15) is 226 Å². The third-order valence-electron chi connectivity index (χ3n) is 9.18. The van der Waals surface area contributed by atoms with Gasteiger partial charge in [-0.3, -0.25) is 9.59 Å². The number of aliphatic carboxylic acids is 1. The Morgan fingerprint density at radius 3 is 1.35 bits per heavy atom. The fourth-order valence-corrected chi connectivity index (χ4v) is 6.16. The lowest BCUT2D eigenvalue weighted by Gasteiger charge is -2.18. The molecule has 0 bridgehead atoms. The lowest BCUT2D eigenvalue weighted by Crippen LogP contribution is -2.18. The lowest BCUT2D eigenvalue weighted by atomic mass is 10.0. The van der Waals surface area contributed by atoms with E-state index in [9.17, 15) is 9.59 Å². The molecule has 46 heavy (non-hydrogen) atoms. The normalized spacial score (nSPS) is 12.4. The van der Waals surface area contributed by atoms with Crippen molar-refractivity contribution >= 4 is 11.9 Å². The Kier molecular flexibility index (Phi) is 36.6. The molecule has 0 aromatic heterocycles. The van der Waals surface area contributed by atoms with Crippen LogP contribution in [0.15, 0.2) is 24.3 Å². The molecule has 1 N–H and O–H groups in total. The Labute approximate surface area is 287 Å². The number of hydrogen-bond acceptors (Lipinski definition) is 3. The van der Waals surface area contributed by atoms with Gasteiger partial charge in [-0.1, -0.05) is 167 Å². The second-order valence-corrected chi connectivity index (χ2v) is 13.8. The first-order valence-corrected chi connectivity index (χ1v) is 20.3. The second-order valence-electron chi connectivity index (χ2n) is 13.8. The summed E-state index contributed by atoms with van der Waals surface area (Å²) in [6.07, 6.45) is 47.7. The second kappa shape index (κ2) is 37.9. The highest BCUT2D eigenvalue weighted by molar-refractivity contribution is 5.69. The van der Waals surface area contributed by atoms with E-state index < -0.39 is 5.97 Å². The lowest BCUT2D eigenvalue weighted by molar-refractivity contribution is -0.150. The van der Waals surface area contributed by atoms with Gasteiger partial charge < -0.3 is 9.84 Å². The van der Waals surface area contributed by atoms with Crippen molar-refractivity contribution in [3.05, 3.63) is 24.3 Å². The average molecular weight is 647 g/mol. The summed E-state index contributed by atoms with van der Waals surface area (Å²) in [5.74, 6) is -0.754. The number of carbonyl (C=O) groups is 2. The average Bonchev–Trinajstić information content (AvgIpc) is 3.04. The fraction of sp³-hybridized carbons (Fsp3) is 0.857. The van der Waals surface area contributed by atoms with Crippen molar-refractivity contribution in [3.63, 3.8) is 0 Å². The molecule has 0 aliphatic carbocycles. The number of carboxylic acid groups (broad SMARTS) is 1. The van der Waals surface area contributed by atoms with E-state index in [4.69, 9.17) is 9.84 Å². The van der Waals surface area contributed by atoms with Crippen molar-refractivity contribution in [2.24, 2.45) is 0 Å². The van der Waals surface area contributed by atoms with E-state index in [1.54, 1.807) is 0 Å². The monoisotopic (exact) mass is 647 g/mol. The first-order chi connectivity index (χ1) is 22.6. The smallest absolute Gasteiger partial charge is 0.306 e. The number of unbranched alkanes of at least 4 members (excludes halogenated alkanes) is 24. The van der Waals surface area contributed by atoms with Crippen LogP contribution in [0.3, 0.4) is 0 Å². The summed E-state index contributed by atoms with van der Waals surface area (Å²) in [5.41, 5.74) is 0. The molecule has 0 fully saturated rings. The van der Waals surface area contributed by atoms with E-state index in [2.05, 4.69) is 38.2 Å². The number of esters is 1. The van der Waals surface area contributed by atoms with E-state index in [1.165, 1.54) is 141 Å². The van der Waals surface area contributed by atoms with Crippen molar-refractivity contribution < 1.29 is 19.4 Å². The third-order valence-corrected chi connectivity index (χ3v) is 9.18. The Bertz CT molecular complexity index is 698. The molecule has 0 aliphatic rings. The maximum atomic E-state index is 12.6. The molecule has 270 valence electrons. The van der Waals surface area contributed by atoms with E-state index in [1.807, 2.05) is 0 Å². The van der Waals surface area contributed by atoms with Crippen molar-refractivity contribution in [3.8, 4) is 0 Å². The van der Waals surface area contributed by atoms with Crippen LogP contribution in [0, 0.1) is 0 Å². The molecular formula is C42H78O4. The van der Waals surface area contributed by atoms with E-state index in [0.717, 1.165) is 51.4 Å². The van der Waals surface area contributed by atoms with Gasteiger partial charge >= 0.3 is 11.9 Å². The predicted molar refractivity (Wildman–Crippen MR) is 200 cm³/mol. The molecule has 4 nitrogen and oxygen atoms in total. The fourth-order valence-electron chi connectivity index (χ4n) is 6.16. The van der Waals surface area contributed by atoms with Crippen LogP contribution in [0.5, 0.6) is 0 Å². The van der Waals surface area contributed by atoms with Gasteiger partial charge in [0.15, 0.2) is 0 Å². The molecule has 0 spiro atoms. The summed E-state index contributed by atoms with van der Waals surface area (Å²) in [5, 5.41) is 8.88. The van der Waals surface area contributed by atoms with Gasteiger partial charge in [-0.25, -0.2) is 0 Å². The molecule has 0 heterocycles. The van der Waals surface area contributed by atoms with E-state index >= 15 is 0 Å². The van der Waals surface area contributed by atoms with Gasteiger partial charge in [0.1, 0.15) is 6.10 Å². The maximum absolute atomic E-state index is 12.6. The maximum Gasteiger partial charge on any atom is 0.306 e. The largest absolute Gasteiger partial charge is 0.481 e. The minimum absolute atomic E-state index is 0.00526. The Hall–Kier alpha value is -1.58. The molecule has 0 aromatic carbocycles. The highest BCUT2D eigenvalue weighted by Gasteiger charge is 2.14.